The Hall–Kier alpha value is -1.23. The molecule has 1 fully saturated rings. The van der Waals surface area contributed by atoms with Gasteiger partial charge in [-0.15, -0.1) is 0 Å². The SMILES string of the molecule is CCC1(CC)CCN(Cc2ccc(N)cc2C(F)(F)F)C1. The van der Waals surface area contributed by atoms with Crippen LogP contribution >= 0.6 is 0 Å². The summed E-state index contributed by atoms with van der Waals surface area (Å²) in [5.41, 5.74) is 5.65. The van der Waals surface area contributed by atoms with E-state index >= 15 is 0 Å². The molecule has 0 bridgehead atoms. The molecule has 21 heavy (non-hydrogen) atoms. The van der Waals surface area contributed by atoms with Crippen molar-refractivity contribution < 1.29 is 13.2 Å². The summed E-state index contributed by atoms with van der Waals surface area (Å²) < 4.78 is 39.3. The second kappa shape index (κ2) is 5.87. The number of halogens is 3. The molecule has 0 saturated carbocycles. The number of benzene rings is 1. The van der Waals surface area contributed by atoms with Gasteiger partial charge in [0.15, 0.2) is 0 Å². The van der Waals surface area contributed by atoms with Crippen molar-refractivity contribution in [2.75, 3.05) is 18.8 Å². The molecule has 0 radical (unpaired) electrons. The average Bonchev–Trinajstić information content (AvgIpc) is 2.84. The van der Waals surface area contributed by atoms with E-state index in [1.165, 1.54) is 6.07 Å². The Morgan fingerprint density at radius 1 is 1.24 bits per heavy atom. The molecule has 1 aromatic carbocycles. The zero-order chi connectivity index (χ0) is 15.7. The van der Waals surface area contributed by atoms with Crippen LogP contribution in [0.1, 0.15) is 44.2 Å². The molecule has 0 spiro atoms. The molecule has 0 amide bonds. The highest BCUT2D eigenvalue weighted by atomic mass is 19.4. The van der Waals surface area contributed by atoms with Gasteiger partial charge in [-0.2, -0.15) is 13.2 Å². The molecular weight excluding hydrogens is 277 g/mol. The van der Waals surface area contributed by atoms with E-state index in [1.54, 1.807) is 6.07 Å². The van der Waals surface area contributed by atoms with E-state index in [1.807, 2.05) is 0 Å². The summed E-state index contributed by atoms with van der Waals surface area (Å²) in [6.45, 7) is 6.41. The lowest BCUT2D eigenvalue weighted by Crippen LogP contribution is -2.27. The fourth-order valence-corrected chi connectivity index (χ4v) is 3.23. The van der Waals surface area contributed by atoms with Gasteiger partial charge < -0.3 is 5.73 Å². The minimum atomic E-state index is -4.35. The number of hydrogen-bond acceptors (Lipinski definition) is 2. The Morgan fingerprint density at radius 3 is 2.43 bits per heavy atom. The smallest absolute Gasteiger partial charge is 0.399 e. The molecule has 0 unspecified atom stereocenters. The minimum Gasteiger partial charge on any atom is -0.399 e. The number of nitrogens with two attached hydrogens (primary N) is 1. The van der Waals surface area contributed by atoms with Gasteiger partial charge >= 0.3 is 6.18 Å². The van der Waals surface area contributed by atoms with E-state index < -0.39 is 11.7 Å². The number of likely N-dealkylation sites (tertiary alicyclic amines) is 1. The van der Waals surface area contributed by atoms with Crippen molar-refractivity contribution in [3.63, 3.8) is 0 Å². The summed E-state index contributed by atoms with van der Waals surface area (Å²) in [4.78, 5) is 2.13. The van der Waals surface area contributed by atoms with Crippen molar-refractivity contribution in [2.24, 2.45) is 5.41 Å². The van der Waals surface area contributed by atoms with Crippen LogP contribution in [-0.4, -0.2) is 18.0 Å². The molecule has 1 aromatic rings. The van der Waals surface area contributed by atoms with Crippen molar-refractivity contribution >= 4 is 5.69 Å². The molecule has 1 saturated heterocycles. The third kappa shape index (κ3) is 3.51. The van der Waals surface area contributed by atoms with Crippen molar-refractivity contribution in [2.45, 2.75) is 45.8 Å². The zero-order valence-corrected chi connectivity index (χ0v) is 12.6. The highest BCUT2D eigenvalue weighted by Crippen LogP contribution is 2.39. The van der Waals surface area contributed by atoms with Gasteiger partial charge in [-0.3, -0.25) is 4.90 Å². The molecular formula is C16H23F3N2. The summed E-state index contributed by atoms with van der Waals surface area (Å²) in [6.07, 6.45) is -1.13. The first kappa shape index (κ1) is 16.1. The third-order valence-corrected chi connectivity index (χ3v) is 4.85. The van der Waals surface area contributed by atoms with Crippen molar-refractivity contribution in [1.82, 2.24) is 4.90 Å². The quantitative estimate of drug-likeness (QED) is 0.840. The van der Waals surface area contributed by atoms with Gasteiger partial charge in [-0.05, 0) is 48.9 Å². The number of anilines is 1. The average molecular weight is 300 g/mol. The van der Waals surface area contributed by atoms with Crippen LogP contribution in [0.15, 0.2) is 18.2 Å². The fourth-order valence-electron chi connectivity index (χ4n) is 3.23. The first-order valence-electron chi connectivity index (χ1n) is 7.47. The molecule has 1 aliphatic heterocycles. The Labute approximate surface area is 124 Å². The van der Waals surface area contributed by atoms with Crippen molar-refractivity contribution in [3.05, 3.63) is 29.3 Å². The maximum Gasteiger partial charge on any atom is 0.416 e. The first-order valence-corrected chi connectivity index (χ1v) is 7.47. The molecule has 1 aliphatic rings. The second-order valence-corrected chi connectivity index (χ2v) is 6.08. The van der Waals surface area contributed by atoms with Gasteiger partial charge in [0.1, 0.15) is 0 Å². The Kier molecular flexibility index (Phi) is 4.51. The second-order valence-electron chi connectivity index (χ2n) is 6.08. The van der Waals surface area contributed by atoms with E-state index in [4.69, 9.17) is 5.73 Å². The van der Waals surface area contributed by atoms with Crippen LogP contribution in [0.25, 0.3) is 0 Å². The highest BCUT2D eigenvalue weighted by molar-refractivity contribution is 5.46. The summed E-state index contributed by atoms with van der Waals surface area (Å²) in [7, 11) is 0. The van der Waals surface area contributed by atoms with E-state index in [2.05, 4.69) is 18.7 Å². The Balaban J connectivity index is 2.18. The Bertz CT molecular complexity index is 493. The molecule has 1 heterocycles. The van der Waals surface area contributed by atoms with Gasteiger partial charge in [-0.1, -0.05) is 19.9 Å². The molecule has 2 nitrogen and oxygen atoms in total. The van der Waals surface area contributed by atoms with E-state index in [9.17, 15) is 13.2 Å². The monoisotopic (exact) mass is 300 g/mol. The van der Waals surface area contributed by atoms with Gasteiger partial charge in [0.05, 0.1) is 5.56 Å². The minimum absolute atomic E-state index is 0.156. The third-order valence-electron chi connectivity index (χ3n) is 4.85. The number of nitrogen functional groups attached to an aromatic ring is 1. The van der Waals surface area contributed by atoms with Gasteiger partial charge in [-0.25, -0.2) is 0 Å². The zero-order valence-electron chi connectivity index (χ0n) is 12.6. The van der Waals surface area contributed by atoms with Gasteiger partial charge in [0.2, 0.25) is 0 Å². The lowest BCUT2D eigenvalue weighted by molar-refractivity contribution is -0.138. The van der Waals surface area contributed by atoms with E-state index in [0.29, 0.717) is 12.1 Å². The molecule has 0 atom stereocenters. The molecule has 2 rings (SSSR count). The van der Waals surface area contributed by atoms with Crippen LogP contribution in [-0.2, 0) is 12.7 Å². The van der Waals surface area contributed by atoms with Crippen molar-refractivity contribution in [1.29, 1.82) is 0 Å². The van der Waals surface area contributed by atoms with E-state index in [-0.39, 0.29) is 11.1 Å². The van der Waals surface area contributed by atoms with Crippen LogP contribution in [0.4, 0.5) is 18.9 Å². The summed E-state index contributed by atoms with van der Waals surface area (Å²) in [5.74, 6) is 0. The molecule has 2 N–H and O–H groups in total. The maximum atomic E-state index is 13.1. The van der Waals surface area contributed by atoms with Crippen LogP contribution in [0.3, 0.4) is 0 Å². The standard InChI is InChI=1S/C16H23F3N2/c1-3-15(4-2)7-8-21(11-15)10-12-5-6-13(20)9-14(12)16(17,18)19/h5-6,9H,3-4,7-8,10-11,20H2,1-2H3. The van der Waals surface area contributed by atoms with Gasteiger partial charge in [0, 0.05) is 18.8 Å². The summed E-state index contributed by atoms with van der Waals surface area (Å²) in [6, 6.07) is 4.10. The lowest BCUT2D eigenvalue weighted by atomic mass is 9.82. The number of nitrogens with zero attached hydrogens (tertiary/aromatic N) is 1. The molecule has 0 aromatic heterocycles. The largest absolute Gasteiger partial charge is 0.416 e. The topological polar surface area (TPSA) is 29.3 Å². The van der Waals surface area contributed by atoms with Crippen molar-refractivity contribution in [3.8, 4) is 0 Å². The lowest BCUT2D eigenvalue weighted by Gasteiger charge is -2.27. The predicted molar refractivity (Wildman–Crippen MR) is 78.8 cm³/mol. The molecule has 118 valence electrons. The number of alkyl halides is 3. The summed E-state index contributed by atoms with van der Waals surface area (Å²) in [5, 5.41) is 0. The van der Waals surface area contributed by atoms with Gasteiger partial charge in [0.25, 0.3) is 0 Å². The van der Waals surface area contributed by atoms with Crippen LogP contribution in [0.2, 0.25) is 0 Å². The predicted octanol–water partition coefficient (Wildman–Crippen LogP) is 4.30. The number of rotatable bonds is 4. The van der Waals surface area contributed by atoms with Crippen LogP contribution in [0.5, 0.6) is 0 Å². The molecule has 0 aliphatic carbocycles. The Morgan fingerprint density at radius 2 is 1.90 bits per heavy atom. The summed E-state index contributed by atoms with van der Waals surface area (Å²) >= 11 is 0. The normalized spacial score (nSPS) is 19.1. The first-order chi connectivity index (χ1) is 9.79. The fraction of sp³-hybridized carbons (Fsp3) is 0.625. The maximum absolute atomic E-state index is 13.1. The highest BCUT2D eigenvalue weighted by Gasteiger charge is 2.37. The number of hydrogen-bond donors (Lipinski definition) is 1. The van der Waals surface area contributed by atoms with Crippen LogP contribution in [0, 0.1) is 5.41 Å². The molecule has 5 heteroatoms. The van der Waals surface area contributed by atoms with E-state index in [0.717, 1.165) is 38.4 Å². The van der Waals surface area contributed by atoms with Crippen LogP contribution < -0.4 is 5.73 Å².